The molecule has 0 saturated carbocycles. The van der Waals surface area contributed by atoms with Gasteiger partial charge in [0.25, 0.3) is 5.91 Å². The lowest BCUT2D eigenvalue weighted by atomic mass is 10.1. The molecule has 4 nitrogen and oxygen atoms in total. The zero-order valence-corrected chi connectivity index (χ0v) is 15.5. The molecule has 0 radical (unpaired) electrons. The first kappa shape index (κ1) is 19.6. The first-order valence-corrected chi connectivity index (χ1v) is 8.99. The van der Waals surface area contributed by atoms with Crippen molar-refractivity contribution in [3.8, 4) is 6.07 Å². The molecule has 0 aliphatic rings. The second-order valence-corrected chi connectivity index (χ2v) is 6.30. The number of benzene rings is 2. The number of hydrogen-bond acceptors (Lipinski definition) is 3. The molecule has 0 heterocycles. The third-order valence-corrected chi connectivity index (χ3v) is 4.26. The first-order chi connectivity index (χ1) is 12.6. The van der Waals surface area contributed by atoms with Crippen LogP contribution in [-0.4, -0.2) is 5.91 Å². The van der Waals surface area contributed by atoms with E-state index >= 15 is 0 Å². The Hall–Kier alpha value is -2.77. The number of halogens is 1. The van der Waals surface area contributed by atoms with E-state index in [1.54, 1.807) is 6.07 Å². The van der Waals surface area contributed by atoms with E-state index in [0.29, 0.717) is 17.3 Å². The van der Waals surface area contributed by atoms with Gasteiger partial charge in [-0.3, -0.25) is 4.79 Å². The fourth-order valence-corrected chi connectivity index (χ4v) is 2.59. The molecule has 0 atom stereocenters. The van der Waals surface area contributed by atoms with Crippen LogP contribution in [0.15, 0.2) is 60.3 Å². The molecule has 0 spiro atoms. The number of amides is 1. The van der Waals surface area contributed by atoms with Crippen LogP contribution in [-0.2, 0) is 17.8 Å². The van der Waals surface area contributed by atoms with Gasteiger partial charge in [0, 0.05) is 23.5 Å². The SMILES string of the molecule is CCCCc1ccc(NC(=O)/C(C#N)=C\NCc2ccccc2Cl)cc1. The molecule has 2 N–H and O–H groups in total. The standard InChI is InChI=1S/C21H22ClN3O/c1-2-3-6-16-9-11-19(12-10-16)25-21(26)18(13-23)15-24-14-17-7-4-5-8-20(17)22/h4-5,7-12,15,24H,2-3,6,14H2,1H3,(H,25,26)/b18-15-. The Bertz CT molecular complexity index is 807. The molecular weight excluding hydrogens is 346 g/mol. The van der Waals surface area contributed by atoms with Gasteiger partial charge in [-0.1, -0.05) is 55.3 Å². The summed E-state index contributed by atoms with van der Waals surface area (Å²) in [5.74, 6) is -0.444. The van der Waals surface area contributed by atoms with E-state index in [1.807, 2.05) is 48.5 Å². The Morgan fingerprint density at radius 3 is 2.58 bits per heavy atom. The van der Waals surface area contributed by atoms with Gasteiger partial charge in [-0.2, -0.15) is 5.26 Å². The number of nitriles is 1. The second-order valence-electron chi connectivity index (χ2n) is 5.90. The average Bonchev–Trinajstić information content (AvgIpc) is 2.66. The number of rotatable bonds is 8. The van der Waals surface area contributed by atoms with Crippen LogP contribution in [0.2, 0.25) is 5.02 Å². The van der Waals surface area contributed by atoms with Crippen molar-refractivity contribution in [1.29, 1.82) is 5.26 Å². The van der Waals surface area contributed by atoms with Gasteiger partial charge in [0.2, 0.25) is 0 Å². The highest BCUT2D eigenvalue weighted by Gasteiger charge is 2.09. The molecule has 0 aliphatic carbocycles. The molecule has 0 unspecified atom stereocenters. The summed E-state index contributed by atoms with van der Waals surface area (Å²) in [4.78, 5) is 12.2. The monoisotopic (exact) mass is 367 g/mol. The molecule has 0 fully saturated rings. The predicted octanol–water partition coefficient (Wildman–Crippen LogP) is 4.82. The topological polar surface area (TPSA) is 64.9 Å². The minimum Gasteiger partial charge on any atom is -0.386 e. The Kier molecular flexibility index (Phi) is 7.73. The molecule has 0 bridgehead atoms. The quantitative estimate of drug-likeness (QED) is 0.519. The van der Waals surface area contributed by atoms with E-state index in [-0.39, 0.29) is 5.57 Å². The van der Waals surface area contributed by atoms with Gasteiger partial charge in [0.15, 0.2) is 0 Å². The number of hydrogen-bond donors (Lipinski definition) is 2. The van der Waals surface area contributed by atoms with Crippen LogP contribution < -0.4 is 10.6 Å². The summed E-state index contributed by atoms with van der Waals surface area (Å²) in [5.41, 5.74) is 2.81. The molecule has 0 aliphatic heterocycles. The number of carbonyl (C=O) groups is 1. The van der Waals surface area contributed by atoms with Crippen molar-refractivity contribution in [2.45, 2.75) is 32.7 Å². The number of nitrogens with zero attached hydrogens (tertiary/aromatic N) is 1. The summed E-state index contributed by atoms with van der Waals surface area (Å²) in [6.45, 7) is 2.59. The third kappa shape index (κ3) is 5.94. The minimum absolute atomic E-state index is 0.00659. The summed E-state index contributed by atoms with van der Waals surface area (Å²) in [5, 5.41) is 15.6. The average molecular weight is 368 g/mol. The van der Waals surface area contributed by atoms with E-state index < -0.39 is 5.91 Å². The highest BCUT2D eigenvalue weighted by atomic mass is 35.5. The van der Waals surface area contributed by atoms with Gasteiger partial charge >= 0.3 is 0 Å². The summed E-state index contributed by atoms with van der Waals surface area (Å²) in [7, 11) is 0. The van der Waals surface area contributed by atoms with E-state index in [2.05, 4.69) is 17.6 Å². The van der Waals surface area contributed by atoms with Gasteiger partial charge in [0.1, 0.15) is 11.6 Å². The maximum Gasteiger partial charge on any atom is 0.267 e. The largest absolute Gasteiger partial charge is 0.386 e. The van der Waals surface area contributed by atoms with Crippen molar-refractivity contribution >= 4 is 23.2 Å². The van der Waals surface area contributed by atoms with Crippen molar-refractivity contribution in [1.82, 2.24) is 5.32 Å². The smallest absolute Gasteiger partial charge is 0.267 e. The summed E-state index contributed by atoms with van der Waals surface area (Å²) < 4.78 is 0. The summed E-state index contributed by atoms with van der Waals surface area (Å²) in [6, 6.07) is 17.0. The highest BCUT2D eigenvalue weighted by molar-refractivity contribution is 6.31. The maximum atomic E-state index is 12.2. The van der Waals surface area contributed by atoms with Crippen LogP contribution in [0.5, 0.6) is 0 Å². The van der Waals surface area contributed by atoms with E-state index in [9.17, 15) is 10.1 Å². The molecule has 2 aromatic rings. The minimum atomic E-state index is -0.444. The number of anilines is 1. The van der Waals surface area contributed by atoms with Gasteiger partial charge in [0.05, 0.1) is 0 Å². The second kappa shape index (κ2) is 10.3. The Labute approximate surface area is 159 Å². The Morgan fingerprint density at radius 1 is 1.19 bits per heavy atom. The number of unbranched alkanes of at least 4 members (excludes halogenated alkanes) is 1. The van der Waals surface area contributed by atoms with Crippen LogP contribution in [0.3, 0.4) is 0 Å². The predicted molar refractivity (Wildman–Crippen MR) is 106 cm³/mol. The third-order valence-electron chi connectivity index (χ3n) is 3.89. The van der Waals surface area contributed by atoms with Crippen molar-refractivity contribution in [3.05, 3.63) is 76.5 Å². The van der Waals surface area contributed by atoms with Crippen molar-refractivity contribution in [2.24, 2.45) is 0 Å². The van der Waals surface area contributed by atoms with Crippen LogP contribution >= 0.6 is 11.6 Å². The fourth-order valence-electron chi connectivity index (χ4n) is 2.39. The molecule has 5 heteroatoms. The molecule has 2 rings (SSSR count). The van der Waals surface area contributed by atoms with Crippen LogP contribution in [0.4, 0.5) is 5.69 Å². The van der Waals surface area contributed by atoms with Gasteiger partial charge in [-0.25, -0.2) is 0 Å². The van der Waals surface area contributed by atoms with E-state index in [0.717, 1.165) is 24.8 Å². The molecule has 2 aromatic carbocycles. The highest BCUT2D eigenvalue weighted by Crippen LogP contribution is 2.15. The lowest BCUT2D eigenvalue weighted by Gasteiger charge is -2.07. The van der Waals surface area contributed by atoms with Crippen molar-refractivity contribution in [2.75, 3.05) is 5.32 Å². The molecule has 1 amide bonds. The van der Waals surface area contributed by atoms with Crippen molar-refractivity contribution in [3.63, 3.8) is 0 Å². The molecule has 0 saturated heterocycles. The van der Waals surface area contributed by atoms with Gasteiger partial charge < -0.3 is 10.6 Å². The number of carbonyl (C=O) groups excluding carboxylic acids is 1. The van der Waals surface area contributed by atoms with Crippen LogP contribution in [0.1, 0.15) is 30.9 Å². The normalized spacial score (nSPS) is 10.9. The van der Waals surface area contributed by atoms with E-state index in [1.165, 1.54) is 11.8 Å². The number of aryl methyl sites for hydroxylation is 1. The summed E-state index contributed by atoms with van der Waals surface area (Å²) >= 11 is 6.08. The van der Waals surface area contributed by atoms with Crippen LogP contribution in [0.25, 0.3) is 0 Å². The van der Waals surface area contributed by atoms with Gasteiger partial charge in [-0.05, 0) is 42.2 Å². The lowest BCUT2D eigenvalue weighted by molar-refractivity contribution is -0.112. The molecule has 26 heavy (non-hydrogen) atoms. The Morgan fingerprint density at radius 2 is 1.92 bits per heavy atom. The zero-order chi connectivity index (χ0) is 18.8. The Balaban J connectivity index is 1.93. The van der Waals surface area contributed by atoms with E-state index in [4.69, 9.17) is 11.6 Å². The van der Waals surface area contributed by atoms with Crippen molar-refractivity contribution < 1.29 is 4.79 Å². The molecule has 134 valence electrons. The van der Waals surface area contributed by atoms with Crippen LogP contribution in [0, 0.1) is 11.3 Å². The summed E-state index contributed by atoms with van der Waals surface area (Å²) in [6.07, 6.45) is 4.73. The lowest BCUT2D eigenvalue weighted by Crippen LogP contribution is -2.16. The zero-order valence-electron chi connectivity index (χ0n) is 14.8. The fraction of sp³-hybridized carbons (Fsp3) is 0.238. The first-order valence-electron chi connectivity index (χ1n) is 8.61. The molecular formula is C21H22ClN3O. The van der Waals surface area contributed by atoms with Gasteiger partial charge in [-0.15, -0.1) is 0 Å². The number of nitrogens with one attached hydrogen (secondary N) is 2. The maximum absolute atomic E-state index is 12.2. The molecule has 0 aromatic heterocycles.